The van der Waals surface area contributed by atoms with Crippen molar-refractivity contribution in [3.63, 3.8) is 0 Å². The van der Waals surface area contributed by atoms with E-state index in [1.165, 1.54) is 18.0 Å². The normalized spacial score (nSPS) is 10.7. The number of benzene rings is 1. The number of carbonyl (C=O) groups is 3. The maximum absolute atomic E-state index is 12.1. The van der Waals surface area contributed by atoms with Gasteiger partial charge in [-0.2, -0.15) is 5.26 Å². The molecule has 0 unspecified atom stereocenters. The van der Waals surface area contributed by atoms with Crippen LogP contribution < -0.4 is 0 Å². The van der Waals surface area contributed by atoms with E-state index in [0.29, 0.717) is 18.7 Å². The first-order chi connectivity index (χ1) is 12.8. The molecule has 0 atom stereocenters. The molecule has 0 saturated heterocycles. The molecule has 0 aliphatic rings. The van der Waals surface area contributed by atoms with Crippen LogP contribution in [0.4, 0.5) is 0 Å². The number of aryl methyl sites for hydroxylation is 1. The predicted molar refractivity (Wildman–Crippen MR) is 101 cm³/mol. The van der Waals surface area contributed by atoms with Crippen LogP contribution in [0.15, 0.2) is 29.8 Å². The quantitative estimate of drug-likeness (QED) is 0.395. The van der Waals surface area contributed by atoms with Crippen LogP contribution in [-0.2, 0) is 19.1 Å². The number of hydrogen-bond acceptors (Lipinski definition) is 5. The van der Waals surface area contributed by atoms with Crippen LogP contribution in [0.25, 0.3) is 6.08 Å². The number of carbonyl (C=O) groups excluding carboxylic acids is 3. The Morgan fingerprint density at radius 2 is 1.70 bits per heavy atom. The standard InChI is InChI=1S/C20H25N3O4/c1-5-23(6-2)18(24)13-22(4)19(25)14-27-20(26)17(12-21)11-16-9-7-15(3)8-10-16/h7-11H,5-6,13-14H2,1-4H3/b17-11+. The molecule has 0 aliphatic carbocycles. The zero-order valence-electron chi connectivity index (χ0n) is 16.2. The third-order valence-corrected chi connectivity index (χ3v) is 3.97. The van der Waals surface area contributed by atoms with Crippen LogP contribution in [0.3, 0.4) is 0 Å². The topological polar surface area (TPSA) is 90.7 Å². The van der Waals surface area contributed by atoms with Crippen LogP contribution in [0, 0.1) is 18.3 Å². The van der Waals surface area contributed by atoms with Gasteiger partial charge in [-0.25, -0.2) is 4.79 Å². The predicted octanol–water partition coefficient (Wildman–Crippen LogP) is 1.77. The summed E-state index contributed by atoms with van der Waals surface area (Å²) in [6.45, 7) is 6.13. The lowest BCUT2D eigenvalue weighted by molar-refractivity contribution is -0.149. The van der Waals surface area contributed by atoms with Crippen LogP contribution in [0.2, 0.25) is 0 Å². The van der Waals surface area contributed by atoms with E-state index in [9.17, 15) is 14.4 Å². The van der Waals surface area contributed by atoms with E-state index in [-0.39, 0.29) is 18.0 Å². The average molecular weight is 371 g/mol. The van der Waals surface area contributed by atoms with Gasteiger partial charge in [-0.3, -0.25) is 9.59 Å². The number of ether oxygens (including phenoxy) is 1. The Balaban J connectivity index is 2.63. The van der Waals surface area contributed by atoms with E-state index in [0.717, 1.165) is 5.56 Å². The van der Waals surface area contributed by atoms with Crippen molar-refractivity contribution in [2.75, 3.05) is 33.3 Å². The van der Waals surface area contributed by atoms with Gasteiger partial charge in [-0.1, -0.05) is 29.8 Å². The Bertz CT molecular complexity index is 743. The molecule has 1 rings (SSSR count). The van der Waals surface area contributed by atoms with Gasteiger partial charge in [0.15, 0.2) is 6.61 Å². The minimum absolute atomic E-state index is 0.0949. The monoisotopic (exact) mass is 371 g/mol. The summed E-state index contributed by atoms with van der Waals surface area (Å²) in [4.78, 5) is 38.9. The number of esters is 1. The molecule has 0 bridgehead atoms. The lowest BCUT2D eigenvalue weighted by Gasteiger charge is -2.23. The summed E-state index contributed by atoms with van der Waals surface area (Å²) < 4.78 is 4.92. The summed E-state index contributed by atoms with van der Waals surface area (Å²) >= 11 is 0. The van der Waals surface area contributed by atoms with Gasteiger partial charge in [0.1, 0.15) is 11.6 Å². The van der Waals surface area contributed by atoms with Crippen molar-refractivity contribution in [1.29, 1.82) is 5.26 Å². The third kappa shape index (κ3) is 6.94. The highest BCUT2D eigenvalue weighted by Crippen LogP contribution is 2.09. The first-order valence-electron chi connectivity index (χ1n) is 8.69. The molecule has 0 aliphatic heterocycles. The van der Waals surface area contributed by atoms with E-state index in [2.05, 4.69) is 0 Å². The largest absolute Gasteiger partial charge is 0.451 e. The zero-order valence-corrected chi connectivity index (χ0v) is 16.2. The molecule has 0 radical (unpaired) electrons. The highest BCUT2D eigenvalue weighted by atomic mass is 16.5. The molecule has 0 fully saturated rings. The summed E-state index contributed by atoms with van der Waals surface area (Å²) in [6.07, 6.45) is 1.40. The zero-order chi connectivity index (χ0) is 20.4. The van der Waals surface area contributed by atoms with Gasteiger partial charge in [0.2, 0.25) is 5.91 Å². The smallest absolute Gasteiger partial charge is 0.349 e. The highest BCUT2D eigenvalue weighted by Gasteiger charge is 2.19. The van der Waals surface area contributed by atoms with Gasteiger partial charge in [-0.15, -0.1) is 0 Å². The Morgan fingerprint density at radius 1 is 1.11 bits per heavy atom. The van der Waals surface area contributed by atoms with Gasteiger partial charge in [-0.05, 0) is 32.4 Å². The molecule has 0 N–H and O–H groups in total. The molecule has 7 nitrogen and oxygen atoms in total. The molecule has 0 saturated carbocycles. The van der Waals surface area contributed by atoms with Crippen LogP contribution in [0.1, 0.15) is 25.0 Å². The fourth-order valence-corrected chi connectivity index (χ4v) is 2.25. The Hall–Kier alpha value is -3.14. The minimum atomic E-state index is -0.880. The summed E-state index contributed by atoms with van der Waals surface area (Å²) in [5.74, 6) is -1.58. The Labute approximate surface area is 159 Å². The number of nitrogens with zero attached hydrogens (tertiary/aromatic N) is 3. The molecule has 0 spiro atoms. The SMILES string of the molecule is CCN(CC)C(=O)CN(C)C(=O)COC(=O)/C(C#N)=C/c1ccc(C)cc1. The van der Waals surface area contributed by atoms with Gasteiger partial charge < -0.3 is 14.5 Å². The molecular formula is C20H25N3O4. The van der Waals surface area contributed by atoms with Crippen molar-refractivity contribution in [3.05, 3.63) is 41.0 Å². The minimum Gasteiger partial charge on any atom is -0.451 e. The number of likely N-dealkylation sites (N-methyl/N-ethyl adjacent to an activating group) is 2. The Kier molecular flexibility index (Phi) is 8.73. The molecule has 1 aromatic rings. The molecule has 0 heterocycles. The first kappa shape index (κ1) is 21.9. The molecule has 1 aromatic carbocycles. The number of hydrogen-bond donors (Lipinski definition) is 0. The van der Waals surface area contributed by atoms with E-state index < -0.39 is 18.5 Å². The van der Waals surface area contributed by atoms with Crippen molar-refractivity contribution in [2.45, 2.75) is 20.8 Å². The van der Waals surface area contributed by atoms with Gasteiger partial charge >= 0.3 is 5.97 Å². The van der Waals surface area contributed by atoms with Crippen molar-refractivity contribution >= 4 is 23.9 Å². The maximum atomic E-state index is 12.1. The average Bonchev–Trinajstić information content (AvgIpc) is 2.66. The lowest BCUT2D eigenvalue weighted by Crippen LogP contribution is -2.42. The second kappa shape index (κ2) is 10.8. The fourth-order valence-electron chi connectivity index (χ4n) is 2.25. The Morgan fingerprint density at radius 3 is 2.22 bits per heavy atom. The molecule has 144 valence electrons. The molecular weight excluding hydrogens is 346 g/mol. The van der Waals surface area contributed by atoms with Crippen molar-refractivity contribution in [2.24, 2.45) is 0 Å². The van der Waals surface area contributed by atoms with Crippen LogP contribution >= 0.6 is 0 Å². The van der Waals surface area contributed by atoms with E-state index in [4.69, 9.17) is 10.00 Å². The van der Waals surface area contributed by atoms with E-state index in [1.54, 1.807) is 23.1 Å². The molecule has 2 amide bonds. The summed E-state index contributed by atoms with van der Waals surface area (Å²) in [6, 6.07) is 9.05. The second-order valence-electron chi connectivity index (χ2n) is 5.97. The summed E-state index contributed by atoms with van der Waals surface area (Å²) in [7, 11) is 1.46. The second-order valence-corrected chi connectivity index (χ2v) is 5.97. The van der Waals surface area contributed by atoms with E-state index >= 15 is 0 Å². The number of nitriles is 1. The molecule has 7 heteroatoms. The summed E-state index contributed by atoms with van der Waals surface area (Å²) in [5.41, 5.74) is 1.54. The van der Waals surface area contributed by atoms with Crippen molar-refractivity contribution in [3.8, 4) is 6.07 Å². The fraction of sp³-hybridized carbons (Fsp3) is 0.400. The summed E-state index contributed by atoms with van der Waals surface area (Å²) in [5, 5.41) is 9.16. The van der Waals surface area contributed by atoms with E-state index in [1.807, 2.05) is 32.9 Å². The number of rotatable bonds is 8. The van der Waals surface area contributed by atoms with Gasteiger partial charge in [0, 0.05) is 20.1 Å². The van der Waals surface area contributed by atoms with Gasteiger partial charge in [0.25, 0.3) is 5.91 Å². The highest BCUT2D eigenvalue weighted by molar-refractivity contribution is 5.99. The van der Waals surface area contributed by atoms with Gasteiger partial charge in [0.05, 0.1) is 6.54 Å². The third-order valence-electron chi connectivity index (χ3n) is 3.97. The van der Waals surface area contributed by atoms with Crippen LogP contribution in [-0.4, -0.2) is 60.9 Å². The molecule has 0 aromatic heterocycles. The van der Waals surface area contributed by atoms with Crippen molar-refractivity contribution in [1.82, 2.24) is 9.80 Å². The first-order valence-corrected chi connectivity index (χ1v) is 8.69. The maximum Gasteiger partial charge on any atom is 0.349 e. The van der Waals surface area contributed by atoms with Crippen LogP contribution in [0.5, 0.6) is 0 Å². The van der Waals surface area contributed by atoms with Crippen molar-refractivity contribution < 1.29 is 19.1 Å². The number of amides is 2. The molecule has 27 heavy (non-hydrogen) atoms. The lowest BCUT2D eigenvalue weighted by atomic mass is 10.1.